The Balaban J connectivity index is 1.39. The van der Waals surface area contributed by atoms with Gasteiger partial charge >= 0.3 is 0 Å². The first-order chi connectivity index (χ1) is 11.1. The molecule has 0 radical (unpaired) electrons. The third kappa shape index (κ3) is 4.29. The van der Waals surface area contributed by atoms with Gasteiger partial charge < -0.3 is 15.4 Å². The highest BCUT2D eigenvalue weighted by atomic mass is 16.5. The first-order valence-corrected chi connectivity index (χ1v) is 8.60. The molecule has 0 aromatic carbocycles. The fourth-order valence-electron chi connectivity index (χ4n) is 3.76. The number of aromatic nitrogens is 3. The van der Waals surface area contributed by atoms with E-state index in [-0.39, 0.29) is 17.9 Å². The fraction of sp³-hybridized carbons (Fsp3) is 0.812. The largest absolute Gasteiger partial charge is 0.377 e. The Morgan fingerprint density at radius 3 is 2.83 bits per heavy atom. The van der Waals surface area contributed by atoms with Gasteiger partial charge in [0.2, 0.25) is 5.91 Å². The van der Waals surface area contributed by atoms with Crippen LogP contribution in [0.2, 0.25) is 0 Å². The van der Waals surface area contributed by atoms with Crippen molar-refractivity contribution in [3.05, 3.63) is 11.9 Å². The Labute approximate surface area is 137 Å². The van der Waals surface area contributed by atoms with Gasteiger partial charge in [0.25, 0.3) is 0 Å². The van der Waals surface area contributed by atoms with E-state index in [1.54, 1.807) is 4.68 Å². The first kappa shape index (κ1) is 16.4. The maximum absolute atomic E-state index is 11.4. The average Bonchev–Trinajstić information content (AvgIpc) is 3.15. The summed E-state index contributed by atoms with van der Waals surface area (Å²) in [6.45, 7) is 3.93. The minimum atomic E-state index is -0.200. The molecule has 2 aliphatic rings. The van der Waals surface area contributed by atoms with E-state index in [1.807, 2.05) is 13.2 Å². The molecule has 0 saturated carbocycles. The molecule has 7 heteroatoms. The normalized spacial score (nSPS) is 26.7. The van der Waals surface area contributed by atoms with E-state index < -0.39 is 0 Å². The smallest absolute Gasteiger partial charge is 0.223 e. The number of rotatable bonds is 6. The zero-order chi connectivity index (χ0) is 16.2. The van der Waals surface area contributed by atoms with Crippen LogP contribution in [0.4, 0.5) is 0 Å². The van der Waals surface area contributed by atoms with Crippen LogP contribution in [-0.4, -0.2) is 58.1 Å². The number of primary amides is 1. The summed E-state index contributed by atoms with van der Waals surface area (Å²) in [4.78, 5) is 13.9. The third-order valence-electron chi connectivity index (χ3n) is 5.18. The Kier molecular flexibility index (Phi) is 5.27. The standard InChI is InChI=1S/C16H27N5O2/c1-20-11-13(18-19-20)4-8-21-6-2-12(3-7-21)10-15-14(16(17)22)5-9-23-15/h11-12,14-15H,2-10H2,1H3,(H2,17,22)/t14-,15-/m1/s1. The lowest BCUT2D eigenvalue weighted by Gasteiger charge is -2.33. The van der Waals surface area contributed by atoms with Crippen LogP contribution in [0.5, 0.6) is 0 Å². The second-order valence-electron chi connectivity index (χ2n) is 6.86. The van der Waals surface area contributed by atoms with E-state index in [4.69, 9.17) is 10.5 Å². The summed E-state index contributed by atoms with van der Waals surface area (Å²) in [6.07, 6.45) is 7.09. The monoisotopic (exact) mass is 321 g/mol. The van der Waals surface area contributed by atoms with Crippen LogP contribution in [0.25, 0.3) is 0 Å². The predicted octanol–water partition coefficient (Wildman–Crippen LogP) is 0.350. The highest BCUT2D eigenvalue weighted by molar-refractivity contribution is 5.77. The molecule has 128 valence electrons. The summed E-state index contributed by atoms with van der Waals surface area (Å²) in [5.41, 5.74) is 6.53. The number of carbonyl (C=O) groups is 1. The van der Waals surface area contributed by atoms with Crippen LogP contribution >= 0.6 is 0 Å². The fourth-order valence-corrected chi connectivity index (χ4v) is 3.76. The summed E-state index contributed by atoms with van der Waals surface area (Å²) in [5.74, 6) is 0.367. The van der Waals surface area contributed by atoms with Crippen LogP contribution < -0.4 is 5.73 Å². The molecule has 2 atom stereocenters. The van der Waals surface area contributed by atoms with Crippen LogP contribution in [0.3, 0.4) is 0 Å². The summed E-state index contributed by atoms with van der Waals surface area (Å²) in [7, 11) is 1.90. The molecule has 1 amide bonds. The van der Waals surface area contributed by atoms with Gasteiger partial charge in [-0.3, -0.25) is 9.48 Å². The molecular weight excluding hydrogens is 294 g/mol. The Morgan fingerprint density at radius 1 is 1.39 bits per heavy atom. The number of ether oxygens (including phenoxy) is 1. The van der Waals surface area contributed by atoms with Crippen molar-refractivity contribution >= 4 is 5.91 Å². The molecule has 2 N–H and O–H groups in total. The first-order valence-electron chi connectivity index (χ1n) is 8.60. The zero-order valence-corrected chi connectivity index (χ0v) is 13.9. The molecule has 2 saturated heterocycles. The van der Waals surface area contributed by atoms with Crippen molar-refractivity contribution in [2.75, 3.05) is 26.2 Å². The summed E-state index contributed by atoms with van der Waals surface area (Å²) in [5, 5.41) is 8.10. The van der Waals surface area contributed by atoms with Crippen molar-refractivity contribution in [1.82, 2.24) is 19.9 Å². The lowest BCUT2D eigenvalue weighted by atomic mass is 9.86. The van der Waals surface area contributed by atoms with Gasteiger partial charge in [-0.2, -0.15) is 0 Å². The third-order valence-corrected chi connectivity index (χ3v) is 5.18. The minimum Gasteiger partial charge on any atom is -0.377 e. The van der Waals surface area contributed by atoms with E-state index in [2.05, 4.69) is 15.2 Å². The number of hydrogen-bond donors (Lipinski definition) is 1. The summed E-state index contributed by atoms with van der Waals surface area (Å²) >= 11 is 0. The quantitative estimate of drug-likeness (QED) is 0.817. The molecule has 2 fully saturated rings. The van der Waals surface area contributed by atoms with Gasteiger partial charge in [-0.1, -0.05) is 5.21 Å². The molecular formula is C16H27N5O2. The second kappa shape index (κ2) is 7.40. The SMILES string of the molecule is Cn1cc(CCN2CCC(C[C@H]3OCC[C@H]3C(N)=O)CC2)nn1. The molecule has 23 heavy (non-hydrogen) atoms. The Morgan fingerprint density at radius 2 is 2.17 bits per heavy atom. The highest BCUT2D eigenvalue weighted by Crippen LogP contribution is 2.30. The lowest BCUT2D eigenvalue weighted by molar-refractivity contribution is -0.123. The topological polar surface area (TPSA) is 86.3 Å². The summed E-state index contributed by atoms with van der Waals surface area (Å²) < 4.78 is 7.48. The van der Waals surface area contributed by atoms with Gasteiger partial charge in [-0.15, -0.1) is 5.10 Å². The van der Waals surface area contributed by atoms with Gasteiger partial charge in [-0.25, -0.2) is 0 Å². The number of nitrogens with zero attached hydrogens (tertiary/aromatic N) is 4. The van der Waals surface area contributed by atoms with Crippen molar-refractivity contribution in [2.24, 2.45) is 24.6 Å². The van der Waals surface area contributed by atoms with E-state index in [9.17, 15) is 4.79 Å². The van der Waals surface area contributed by atoms with Gasteiger partial charge in [0.05, 0.1) is 17.7 Å². The lowest BCUT2D eigenvalue weighted by Crippen LogP contribution is -2.38. The molecule has 3 rings (SSSR count). The van der Waals surface area contributed by atoms with Crippen molar-refractivity contribution in [2.45, 2.75) is 38.2 Å². The number of amides is 1. The van der Waals surface area contributed by atoms with Crippen molar-refractivity contribution in [3.63, 3.8) is 0 Å². The predicted molar refractivity (Wildman–Crippen MR) is 85.5 cm³/mol. The van der Waals surface area contributed by atoms with Crippen LogP contribution in [0, 0.1) is 11.8 Å². The van der Waals surface area contributed by atoms with Gasteiger partial charge in [0.15, 0.2) is 0 Å². The number of hydrogen-bond acceptors (Lipinski definition) is 5. The van der Waals surface area contributed by atoms with E-state index in [1.165, 1.54) is 12.8 Å². The number of likely N-dealkylation sites (tertiary alicyclic amines) is 1. The highest BCUT2D eigenvalue weighted by Gasteiger charge is 2.34. The van der Waals surface area contributed by atoms with Crippen molar-refractivity contribution in [3.8, 4) is 0 Å². The van der Waals surface area contributed by atoms with Crippen LogP contribution in [0.1, 0.15) is 31.4 Å². The molecule has 7 nitrogen and oxygen atoms in total. The molecule has 1 aromatic heterocycles. The van der Waals surface area contributed by atoms with E-state index in [0.717, 1.165) is 44.6 Å². The van der Waals surface area contributed by atoms with Crippen molar-refractivity contribution < 1.29 is 9.53 Å². The van der Waals surface area contributed by atoms with Gasteiger partial charge in [-0.05, 0) is 44.7 Å². The molecule has 0 spiro atoms. The van der Waals surface area contributed by atoms with Crippen LogP contribution in [-0.2, 0) is 23.0 Å². The number of nitrogens with two attached hydrogens (primary N) is 1. The van der Waals surface area contributed by atoms with Crippen molar-refractivity contribution in [1.29, 1.82) is 0 Å². The van der Waals surface area contributed by atoms with E-state index in [0.29, 0.717) is 12.5 Å². The zero-order valence-electron chi connectivity index (χ0n) is 13.9. The molecule has 3 heterocycles. The van der Waals surface area contributed by atoms with E-state index >= 15 is 0 Å². The molecule has 0 aliphatic carbocycles. The Bertz CT molecular complexity index is 524. The molecule has 1 aromatic rings. The minimum absolute atomic E-state index is 0.0450. The number of aryl methyl sites for hydroxylation is 1. The molecule has 0 unspecified atom stereocenters. The second-order valence-corrected chi connectivity index (χ2v) is 6.86. The number of piperidine rings is 1. The molecule has 0 bridgehead atoms. The Hall–Kier alpha value is -1.47. The van der Waals surface area contributed by atoms with Crippen LogP contribution in [0.15, 0.2) is 6.20 Å². The van der Waals surface area contributed by atoms with Gasteiger partial charge in [0.1, 0.15) is 0 Å². The average molecular weight is 321 g/mol. The maximum Gasteiger partial charge on any atom is 0.223 e. The van der Waals surface area contributed by atoms with Gasteiger partial charge in [0, 0.05) is 32.8 Å². The summed E-state index contributed by atoms with van der Waals surface area (Å²) in [6, 6.07) is 0. The number of carbonyl (C=O) groups excluding carboxylic acids is 1. The maximum atomic E-state index is 11.4. The molecule has 2 aliphatic heterocycles.